The third kappa shape index (κ3) is 4.74. The first-order valence-corrected chi connectivity index (χ1v) is 6.75. The van der Waals surface area contributed by atoms with Crippen LogP contribution in [0.25, 0.3) is 0 Å². The standard InChI is InChI=1S/C15H23NO4/c1-5-8-19-14-9-12(6-7-13(14)17)15(18)20-10-11(2)16(3)4/h6-7,9,11,17H,5,8,10H2,1-4H3/t11-/m0/s1. The number of phenols is 1. The summed E-state index contributed by atoms with van der Waals surface area (Å²) < 4.78 is 10.6. The third-order valence-corrected chi connectivity index (χ3v) is 2.99. The molecule has 112 valence electrons. The fourth-order valence-electron chi connectivity index (χ4n) is 1.40. The maximum Gasteiger partial charge on any atom is 0.338 e. The van der Waals surface area contributed by atoms with E-state index in [2.05, 4.69) is 0 Å². The molecular formula is C15H23NO4. The summed E-state index contributed by atoms with van der Waals surface area (Å²) in [4.78, 5) is 13.9. The highest BCUT2D eigenvalue weighted by atomic mass is 16.5. The number of esters is 1. The first-order chi connectivity index (χ1) is 9.45. The normalized spacial score (nSPS) is 12.2. The molecular weight excluding hydrogens is 258 g/mol. The van der Waals surface area contributed by atoms with Gasteiger partial charge in [-0.25, -0.2) is 4.79 Å². The lowest BCUT2D eigenvalue weighted by Crippen LogP contribution is -2.30. The van der Waals surface area contributed by atoms with Crippen molar-refractivity contribution in [3.63, 3.8) is 0 Å². The Hall–Kier alpha value is -1.75. The summed E-state index contributed by atoms with van der Waals surface area (Å²) in [5, 5.41) is 9.65. The Bertz CT molecular complexity index is 445. The fourth-order valence-corrected chi connectivity index (χ4v) is 1.40. The number of phenolic OH excluding ortho intramolecular Hbond substituents is 1. The van der Waals surface area contributed by atoms with Crippen LogP contribution in [0.1, 0.15) is 30.6 Å². The Morgan fingerprint density at radius 3 is 2.70 bits per heavy atom. The quantitative estimate of drug-likeness (QED) is 0.777. The number of benzene rings is 1. The molecule has 0 bridgehead atoms. The summed E-state index contributed by atoms with van der Waals surface area (Å²) in [6.45, 7) is 4.75. The number of ether oxygens (including phenoxy) is 2. The van der Waals surface area contributed by atoms with E-state index in [1.165, 1.54) is 18.2 Å². The number of carbonyl (C=O) groups excluding carboxylic acids is 1. The van der Waals surface area contributed by atoms with Crippen LogP contribution in [0, 0.1) is 0 Å². The molecule has 1 atom stereocenters. The van der Waals surface area contributed by atoms with Crippen LogP contribution in [0.3, 0.4) is 0 Å². The summed E-state index contributed by atoms with van der Waals surface area (Å²) in [6, 6.07) is 4.62. The largest absolute Gasteiger partial charge is 0.504 e. The van der Waals surface area contributed by atoms with Gasteiger partial charge in [-0.2, -0.15) is 0 Å². The van der Waals surface area contributed by atoms with E-state index in [-0.39, 0.29) is 11.8 Å². The lowest BCUT2D eigenvalue weighted by molar-refractivity contribution is 0.0416. The van der Waals surface area contributed by atoms with Crippen molar-refractivity contribution in [3.05, 3.63) is 23.8 Å². The minimum atomic E-state index is -0.417. The van der Waals surface area contributed by atoms with E-state index in [4.69, 9.17) is 9.47 Å². The summed E-state index contributed by atoms with van der Waals surface area (Å²) in [5.41, 5.74) is 0.375. The number of carbonyl (C=O) groups is 1. The van der Waals surface area contributed by atoms with Gasteiger partial charge in [0.25, 0.3) is 0 Å². The van der Waals surface area contributed by atoms with Crippen molar-refractivity contribution in [2.45, 2.75) is 26.3 Å². The van der Waals surface area contributed by atoms with Crippen molar-refractivity contribution in [1.82, 2.24) is 4.90 Å². The molecule has 1 rings (SSSR count). The van der Waals surface area contributed by atoms with Gasteiger partial charge in [0.05, 0.1) is 12.2 Å². The topological polar surface area (TPSA) is 59.0 Å². The van der Waals surface area contributed by atoms with E-state index >= 15 is 0 Å². The number of aromatic hydroxyl groups is 1. The number of nitrogens with zero attached hydrogens (tertiary/aromatic N) is 1. The molecule has 0 amide bonds. The van der Waals surface area contributed by atoms with Crippen LogP contribution in [0.15, 0.2) is 18.2 Å². The molecule has 0 spiro atoms. The van der Waals surface area contributed by atoms with E-state index in [9.17, 15) is 9.90 Å². The van der Waals surface area contributed by atoms with Gasteiger partial charge in [-0.1, -0.05) is 6.92 Å². The highest BCUT2D eigenvalue weighted by Crippen LogP contribution is 2.27. The third-order valence-electron chi connectivity index (χ3n) is 2.99. The second-order valence-electron chi connectivity index (χ2n) is 4.94. The Balaban J connectivity index is 2.68. The van der Waals surface area contributed by atoms with Crippen molar-refractivity contribution in [3.8, 4) is 11.5 Å². The van der Waals surface area contributed by atoms with Crippen LogP contribution in [0.4, 0.5) is 0 Å². The van der Waals surface area contributed by atoms with Crippen molar-refractivity contribution >= 4 is 5.97 Å². The SMILES string of the molecule is CCCOc1cc(C(=O)OC[C@H](C)N(C)C)ccc1O. The first-order valence-electron chi connectivity index (χ1n) is 6.75. The van der Waals surface area contributed by atoms with E-state index < -0.39 is 5.97 Å². The molecule has 0 aliphatic rings. The summed E-state index contributed by atoms with van der Waals surface area (Å²) in [5.74, 6) is -0.0846. The molecule has 0 saturated carbocycles. The minimum Gasteiger partial charge on any atom is -0.504 e. The minimum absolute atomic E-state index is 0.0247. The van der Waals surface area contributed by atoms with Gasteiger partial charge in [0.2, 0.25) is 0 Å². The Morgan fingerprint density at radius 1 is 1.40 bits per heavy atom. The van der Waals surface area contributed by atoms with E-state index in [1.54, 1.807) is 0 Å². The van der Waals surface area contributed by atoms with Crippen LogP contribution in [-0.4, -0.2) is 49.3 Å². The highest BCUT2D eigenvalue weighted by molar-refractivity contribution is 5.90. The zero-order valence-corrected chi connectivity index (χ0v) is 12.5. The number of rotatable bonds is 7. The van der Waals surface area contributed by atoms with Crippen LogP contribution in [0.2, 0.25) is 0 Å². The Kier molecular flexibility index (Phi) is 6.31. The van der Waals surface area contributed by atoms with Gasteiger partial charge in [0.1, 0.15) is 6.61 Å². The molecule has 0 aromatic heterocycles. The lowest BCUT2D eigenvalue weighted by Gasteiger charge is -2.19. The van der Waals surface area contributed by atoms with Crippen LogP contribution >= 0.6 is 0 Å². The molecule has 0 aliphatic carbocycles. The summed E-state index contributed by atoms with van der Waals surface area (Å²) in [6.07, 6.45) is 0.828. The molecule has 0 aliphatic heterocycles. The molecule has 0 unspecified atom stereocenters. The number of hydrogen-bond donors (Lipinski definition) is 1. The summed E-state index contributed by atoms with van der Waals surface area (Å²) in [7, 11) is 3.85. The van der Waals surface area contributed by atoms with Gasteiger partial charge in [-0.3, -0.25) is 0 Å². The van der Waals surface area contributed by atoms with E-state index in [0.717, 1.165) is 6.42 Å². The average Bonchev–Trinajstić information content (AvgIpc) is 2.43. The van der Waals surface area contributed by atoms with Crippen molar-refractivity contribution in [1.29, 1.82) is 0 Å². The lowest BCUT2D eigenvalue weighted by atomic mass is 10.2. The molecule has 0 saturated heterocycles. The number of hydrogen-bond acceptors (Lipinski definition) is 5. The van der Waals surface area contributed by atoms with Crippen LogP contribution in [0.5, 0.6) is 11.5 Å². The predicted molar refractivity (Wildman–Crippen MR) is 77.3 cm³/mol. The van der Waals surface area contributed by atoms with Crippen molar-refractivity contribution in [2.75, 3.05) is 27.3 Å². The summed E-state index contributed by atoms with van der Waals surface area (Å²) >= 11 is 0. The van der Waals surface area contributed by atoms with Crippen molar-refractivity contribution < 1.29 is 19.4 Å². The fraction of sp³-hybridized carbons (Fsp3) is 0.533. The second kappa shape index (κ2) is 7.75. The molecule has 5 nitrogen and oxygen atoms in total. The maximum atomic E-state index is 11.9. The zero-order valence-electron chi connectivity index (χ0n) is 12.5. The van der Waals surface area contributed by atoms with Crippen LogP contribution < -0.4 is 4.74 Å². The van der Waals surface area contributed by atoms with Gasteiger partial charge in [0, 0.05) is 6.04 Å². The predicted octanol–water partition coefficient (Wildman–Crippen LogP) is 2.29. The Labute approximate surface area is 120 Å². The van der Waals surface area contributed by atoms with E-state index in [1.807, 2.05) is 32.8 Å². The Morgan fingerprint density at radius 2 is 2.10 bits per heavy atom. The van der Waals surface area contributed by atoms with Gasteiger partial charge < -0.3 is 19.5 Å². The van der Waals surface area contributed by atoms with Crippen LogP contribution in [-0.2, 0) is 4.74 Å². The molecule has 1 N–H and O–H groups in total. The molecule has 1 aromatic rings. The molecule has 5 heteroatoms. The van der Waals surface area contributed by atoms with E-state index in [0.29, 0.717) is 24.5 Å². The molecule has 0 fully saturated rings. The van der Waals surface area contributed by atoms with Gasteiger partial charge in [-0.05, 0) is 45.6 Å². The van der Waals surface area contributed by atoms with Gasteiger partial charge >= 0.3 is 5.97 Å². The highest BCUT2D eigenvalue weighted by Gasteiger charge is 2.13. The first kappa shape index (κ1) is 16.3. The number of likely N-dealkylation sites (N-methyl/N-ethyl adjacent to an activating group) is 1. The second-order valence-corrected chi connectivity index (χ2v) is 4.94. The molecule has 1 aromatic carbocycles. The maximum absolute atomic E-state index is 11.9. The zero-order chi connectivity index (χ0) is 15.1. The average molecular weight is 281 g/mol. The monoisotopic (exact) mass is 281 g/mol. The smallest absolute Gasteiger partial charge is 0.338 e. The van der Waals surface area contributed by atoms with Gasteiger partial charge in [-0.15, -0.1) is 0 Å². The van der Waals surface area contributed by atoms with Crippen molar-refractivity contribution in [2.24, 2.45) is 0 Å². The van der Waals surface area contributed by atoms with Gasteiger partial charge in [0.15, 0.2) is 11.5 Å². The molecule has 0 radical (unpaired) electrons. The molecule has 20 heavy (non-hydrogen) atoms. The molecule has 0 heterocycles.